The van der Waals surface area contributed by atoms with Crippen LogP contribution < -0.4 is 5.32 Å². The molecule has 8 heteroatoms. The molecule has 1 aliphatic rings. The minimum absolute atomic E-state index is 0.236. The number of hydrogen-bond acceptors (Lipinski definition) is 4. The van der Waals surface area contributed by atoms with Gasteiger partial charge in [-0.3, -0.25) is 10.1 Å². The lowest BCUT2D eigenvalue weighted by Crippen LogP contribution is -2.22. The molecule has 1 fully saturated rings. The molecule has 0 aromatic rings. The van der Waals surface area contributed by atoms with Crippen LogP contribution >= 0.6 is 46.6 Å². The fourth-order valence-electron chi connectivity index (χ4n) is 1.00. The molecule has 0 aromatic heterocycles. The van der Waals surface area contributed by atoms with Crippen LogP contribution in [-0.4, -0.2) is 17.2 Å². The highest BCUT2D eigenvalue weighted by atomic mass is 35.5. The topological polar surface area (TPSA) is 55.2 Å². The van der Waals surface area contributed by atoms with Crippen molar-refractivity contribution in [1.29, 1.82) is 0 Å². The molecule has 0 atom stereocenters. The highest BCUT2D eigenvalue weighted by molar-refractivity contribution is 8.03. The van der Waals surface area contributed by atoms with E-state index in [0.29, 0.717) is 11.6 Å². The predicted octanol–water partition coefficient (Wildman–Crippen LogP) is 3.04. The summed E-state index contributed by atoms with van der Waals surface area (Å²) in [6.45, 7) is 0.684. The molecule has 0 saturated carbocycles. The van der Waals surface area contributed by atoms with E-state index in [-0.39, 0.29) is 15.2 Å². The number of halogens is 3. The molecular weight excluding hydrogens is 283 g/mol. The molecule has 0 unspecified atom stereocenters. The molecule has 1 saturated heterocycles. The summed E-state index contributed by atoms with van der Waals surface area (Å²) in [6.07, 6.45) is 0.953. The van der Waals surface area contributed by atoms with Crippen molar-refractivity contribution in [1.82, 2.24) is 5.32 Å². The first-order chi connectivity index (χ1) is 7.04. The lowest BCUT2D eigenvalue weighted by molar-refractivity contribution is -0.420. The lowest BCUT2D eigenvalue weighted by atomic mass is 10.4. The second kappa shape index (κ2) is 5.84. The van der Waals surface area contributed by atoms with E-state index < -0.39 is 4.92 Å². The van der Waals surface area contributed by atoms with Gasteiger partial charge in [0.1, 0.15) is 9.52 Å². The summed E-state index contributed by atoms with van der Waals surface area (Å²) in [7, 11) is 0. The highest BCUT2D eigenvalue weighted by Gasteiger charge is 2.26. The van der Waals surface area contributed by atoms with Gasteiger partial charge in [0, 0.05) is 12.3 Å². The molecule has 0 amide bonds. The Kier molecular flexibility index (Phi) is 5.05. The van der Waals surface area contributed by atoms with Gasteiger partial charge in [-0.05, 0) is 6.42 Å². The van der Waals surface area contributed by atoms with Gasteiger partial charge in [-0.25, -0.2) is 0 Å². The maximum atomic E-state index is 10.8. The number of nitrogens with zero attached hydrogens (tertiary/aromatic N) is 1. The summed E-state index contributed by atoms with van der Waals surface area (Å²) >= 11 is 17.9. The predicted molar refractivity (Wildman–Crippen MR) is 63.7 cm³/mol. The molecule has 0 radical (unpaired) electrons. The standard InChI is InChI=1S/C7H7Cl3N2O2S/c8-4(6(9)10)5(12(13)14)7-11-2-1-3-15-7/h11H,1-3H2/b7-5+. The van der Waals surface area contributed by atoms with E-state index in [1.165, 1.54) is 11.8 Å². The second-order valence-electron chi connectivity index (χ2n) is 2.64. The maximum absolute atomic E-state index is 10.8. The smallest absolute Gasteiger partial charge is 0.319 e. The zero-order chi connectivity index (χ0) is 11.4. The van der Waals surface area contributed by atoms with Crippen LogP contribution in [0.3, 0.4) is 0 Å². The summed E-state index contributed by atoms with van der Waals surface area (Å²) in [5, 5.41) is 13.9. The number of rotatable bonds is 2. The van der Waals surface area contributed by atoms with Crippen LogP contribution in [0.15, 0.2) is 20.2 Å². The molecule has 84 valence electrons. The molecule has 0 aromatic carbocycles. The van der Waals surface area contributed by atoms with Gasteiger partial charge in [-0.15, -0.1) is 11.8 Å². The summed E-state index contributed by atoms with van der Waals surface area (Å²) in [4.78, 5) is 10.2. The van der Waals surface area contributed by atoms with Crippen LogP contribution in [0.5, 0.6) is 0 Å². The van der Waals surface area contributed by atoms with Gasteiger partial charge in [-0.2, -0.15) is 0 Å². The molecule has 0 bridgehead atoms. The second-order valence-corrected chi connectivity index (χ2v) is 5.07. The largest absolute Gasteiger partial charge is 0.374 e. The van der Waals surface area contributed by atoms with E-state index in [2.05, 4.69) is 5.32 Å². The first kappa shape index (κ1) is 13.0. The summed E-state index contributed by atoms with van der Waals surface area (Å²) < 4.78 is -0.302. The SMILES string of the molecule is O=[N+]([O-])/C(C(Cl)=C(Cl)Cl)=C1\NCCCS1. The van der Waals surface area contributed by atoms with Crippen molar-refractivity contribution >= 4 is 46.6 Å². The van der Waals surface area contributed by atoms with Crippen LogP contribution in [0.4, 0.5) is 0 Å². The Morgan fingerprint density at radius 2 is 2.13 bits per heavy atom. The van der Waals surface area contributed by atoms with Gasteiger partial charge >= 0.3 is 5.70 Å². The first-order valence-electron chi connectivity index (χ1n) is 4.00. The van der Waals surface area contributed by atoms with Gasteiger partial charge in [0.25, 0.3) is 0 Å². The van der Waals surface area contributed by atoms with Crippen molar-refractivity contribution in [2.45, 2.75) is 6.42 Å². The Balaban J connectivity index is 3.11. The van der Waals surface area contributed by atoms with Crippen molar-refractivity contribution < 1.29 is 4.92 Å². The van der Waals surface area contributed by atoms with E-state index >= 15 is 0 Å². The third kappa shape index (κ3) is 3.45. The summed E-state index contributed by atoms with van der Waals surface area (Å²) in [6, 6.07) is 0. The third-order valence-corrected chi connectivity index (χ3v) is 3.68. The quantitative estimate of drug-likeness (QED) is 0.627. The molecule has 4 nitrogen and oxygen atoms in total. The van der Waals surface area contributed by atoms with E-state index in [1.807, 2.05) is 0 Å². The Labute approximate surface area is 106 Å². The average Bonchev–Trinajstić information content (AvgIpc) is 2.18. The van der Waals surface area contributed by atoms with Crippen LogP contribution in [0.25, 0.3) is 0 Å². The third-order valence-electron chi connectivity index (χ3n) is 1.62. The fourth-order valence-corrected chi connectivity index (χ4v) is 2.41. The van der Waals surface area contributed by atoms with Gasteiger partial charge in [0.05, 0.1) is 4.92 Å². The molecule has 1 rings (SSSR count). The number of allylic oxidation sites excluding steroid dienone is 1. The van der Waals surface area contributed by atoms with Crippen molar-refractivity contribution in [2.75, 3.05) is 12.3 Å². The normalized spacial score (nSPS) is 19.1. The highest BCUT2D eigenvalue weighted by Crippen LogP contribution is 2.32. The van der Waals surface area contributed by atoms with Gasteiger partial charge < -0.3 is 5.32 Å². The minimum atomic E-state index is -0.590. The van der Waals surface area contributed by atoms with Crippen molar-refractivity contribution in [3.05, 3.63) is 30.4 Å². The van der Waals surface area contributed by atoms with Gasteiger partial charge in [0.15, 0.2) is 5.03 Å². The fraction of sp³-hybridized carbons (Fsp3) is 0.429. The van der Waals surface area contributed by atoms with Crippen LogP contribution in [0, 0.1) is 10.1 Å². The zero-order valence-electron chi connectivity index (χ0n) is 7.43. The molecule has 15 heavy (non-hydrogen) atoms. The number of nitro groups is 1. The Hall–Kier alpha value is -0.100. The number of nitrogens with one attached hydrogen (secondary N) is 1. The minimum Gasteiger partial charge on any atom is -0.374 e. The average molecular weight is 290 g/mol. The molecule has 1 aliphatic heterocycles. The van der Waals surface area contributed by atoms with E-state index in [1.54, 1.807) is 0 Å². The monoisotopic (exact) mass is 288 g/mol. The van der Waals surface area contributed by atoms with E-state index in [9.17, 15) is 10.1 Å². The molecule has 1 heterocycles. The number of hydrogen-bond donors (Lipinski definition) is 1. The molecule has 0 aliphatic carbocycles. The zero-order valence-corrected chi connectivity index (χ0v) is 10.5. The van der Waals surface area contributed by atoms with Crippen LogP contribution in [0.2, 0.25) is 0 Å². The van der Waals surface area contributed by atoms with E-state index in [0.717, 1.165) is 12.2 Å². The van der Waals surface area contributed by atoms with Crippen LogP contribution in [0.1, 0.15) is 6.42 Å². The number of thioether (sulfide) groups is 1. The van der Waals surface area contributed by atoms with Gasteiger partial charge in [0.2, 0.25) is 0 Å². The van der Waals surface area contributed by atoms with Crippen molar-refractivity contribution in [3.8, 4) is 0 Å². The Bertz CT molecular complexity index is 331. The molecular formula is C7H7Cl3N2O2S. The summed E-state index contributed by atoms with van der Waals surface area (Å²) in [5.74, 6) is 0.809. The molecule has 1 N–H and O–H groups in total. The van der Waals surface area contributed by atoms with Crippen molar-refractivity contribution in [2.24, 2.45) is 0 Å². The van der Waals surface area contributed by atoms with Crippen molar-refractivity contribution in [3.63, 3.8) is 0 Å². The lowest BCUT2D eigenvalue weighted by Gasteiger charge is -2.15. The first-order valence-corrected chi connectivity index (χ1v) is 6.12. The Morgan fingerprint density at radius 3 is 2.53 bits per heavy atom. The Morgan fingerprint density at radius 1 is 1.47 bits per heavy atom. The maximum Gasteiger partial charge on any atom is 0.319 e. The van der Waals surface area contributed by atoms with E-state index in [4.69, 9.17) is 34.8 Å². The van der Waals surface area contributed by atoms with Gasteiger partial charge in [-0.1, -0.05) is 34.8 Å². The molecule has 0 spiro atoms. The summed E-state index contributed by atoms with van der Waals surface area (Å²) in [5.41, 5.74) is -0.263. The van der Waals surface area contributed by atoms with Crippen LogP contribution in [-0.2, 0) is 0 Å².